The molecule has 1 heterocycles. The molecule has 0 atom stereocenters. The van der Waals surface area contributed by atoms with Crippen molar-refractivity contribution in [3.8, 4) is 0 Å². The SMILES string of the molecule is CC(C)c1ccc2nnn(C(C)C)c2c1. The second kappa shape index (κ2) is 3.65. The second-order valence-corrected chi connectivity index (χ2v) is 4.53. The molecule has 80 valence electrons. The highest BCUT2D eigenvalue weighted by Crippen LogP contribution is 2.21. The van der Waals surface area contributed by atoms with E-state index in [1.54, 1.807) is 0 Å². The van der Waals surface area contributed by atoms with Crippen molar-refractivity contribution in [2.45, 2.75) is 39.7 Å². The minimum atomic E-state index is 0.359. The van der Waals surface area contributed by atoms with Crippen LogP contribution in [-0.2, 0) is 0 Å². The van der Waals surface area contributed by atoms with Crippen LogP contribution in [0.15, 0.2) is 18.2 Å². The van der Waals surface area contributed by atoms with E-state index in [-0.39, 0.29) is 0 Å². The Kier molecular flexibility index (Phi) is 2.47. The van der Waals surface area contributed by atoms with Crippen molar-refractivity contribution in [1.29, 1.82) is 0 Å². The Morgan fingerprint density at radius 3 is 2.47 bits per heavy atom. The Hall–Kier alpha value is -1.38. The molecule has 0 saturated carbocycles. The molecule has 2 aromatic rings. The Morgan fingerprint density at radius 1 is 1.13 bits per heavy atom. The van der Waals surface area contributed by atoms with Gasteiger partial charge >= 0.3 is 0 Å². The fourth-order valence-corrected chi connectivity index (χ4v) is 1.69. The van der Waals surface area contributed by atoms with Crippen molar-refractivity contribution in [2.75, 3.05) is 0 Å². The normalized spacial score (nSPS) is 11.9. The molecule has 0 fully saturated rings. The molecule has 0 aliphatic rings. The van der Waals surface area contributed by atoms with Gasteiger partial charge in [0.25, 0.3) is 0 Å². The van der Waals surface area contributed by atoms with Gasteiger partial charge in [-0.1, -0.05) is 25.1 Å². The number of fused-ring (bicyclic) bond motifs is 1. The minimum Gasteiger partial charge on any atom is -0.242 e. The summed E-state index contributed by atoms with van der Waals surface area (Å²) < 4.78 is 1.97. The Balaban J connectivity index is 2.61. The predicted octanol–water partition coefficient (Wildman–Crippen LogP) is 3.14. The van der Waals surface area contributed by atoms with Crippen molar-refractivity contribution >= 4 is 11.0 Å². The van der Waals surface area contributed by atoms with Crippen LogP contribution in [0, 0.1) is 0 Å². The molecule has 3 heteroatoms. The van der Waals surface area contributed by atoms with Crippen LogP contribution in [0.3, 0.4) is 0 Å². The summed E-state index contributed by atoms with van der Waals surface area (Å²) in [5, 5.41) is 8.32. The number of nitrogens with zero attached hydrogens (tertiary/aromatic N) is 3. The van der Waals surface area contributed by atoms with Crippen LogP contribution in [0.2, 0.25) is 0 Å². The molecule has 0 aliphatic carbocycles. The third-order valence-electron chi connectivity index (χ3n) is 2.65. The van der Waals surface area contributed by atoms with Crippen LogP contribution < -0.4 is 0 Å². The fraction of sp³-hybridized carbons (Fsp3) is 0.500. The third kappa shape index (κ3) is 1.74. The molecule has 0 saturated heterocycles. The molecular weight excluding hydrogens is 186 g/mol. The van der Waals surface area contributed by atoms with Crippen LogP contribution in [0.5, 0.6) is 0 Å². The van der Waals surface area contributed by atoms with Gasteiger partial charge in [-0.25, -0.2) is 4.68 Å². The summed E-state index contributed by atoms with van der Waals surface area (Å²) in [4.78, 5) is 0. The van der Waals surface area contributed by atoms with Crippen LogP contribution in [-0.4, -0.2) is 15.0 Å². The molecular formula is C12H17N3. The zero-order chi connectivity index (χ0) is 11.0. The highest BCUT2D eigenvalue weighted by Gasteiger charge is 2.08. The number of rotatable bonds is 2. The van der Waals surface area contributed by atoms with E-state index < -0.39 is 0 Å². The topological polar surface area (TPSA) is 30.7 Å². The fourth-order valence-electron chi connectivity index (χ4n) is 1.69. The average Bonchev–Trinajstić information content (AvgIpc) is 2.59. The van der Waals surface area contributed by atoms with E-state index in [9.17, 15) is 0 Å². The number of benzene rings is 1. The largest absolute Gasteiger partial charge is 0.242 e. The lowest BCUT2D eigenvalue weighted by molar-refractivity contribution is 0.530. The Bertz CT molecular complexity index is 469. The molecule has 0 bridgehead atoms. The molecule has 3 nitrogen and oxygen atoms in total. The van der Waals surface area contributed by atoms with Gasteiger partial charge in [-0.3, -0.25) is 0 Å². The number of hydrogen-bond acceptors (Lipinski definition) is 2. The maximum atomic E-state index is 4.16. The van der Waals surface area contributed by atoms with Gasteiger partial charge in [0.15, 0.2) is 0 Å². The zero-order valence-corrected chi connectivity index (χ0v) is 9.73. The highest BCUT2D eigenvalue weighted by molar-refractivity contribution is 5.75. The average molecular weight is 203 g/mol. The van der Waals surface area contributed by atoms with Crippen molar-refractivity contribution in [2.24, 2.45) is 0 Å². The van der Waals surface area contributed by atoms with E-state index in [1.165, 1.54) is 5.56 Å². The maximum absolute atomic E-state index is 4.16. The summed E-state index contributed by atoms with van der Waals surface area (Å²) in [5.74, 6) is 0.546. The first kappa shape index (κ1) is 10.1. The molecule has 0 aliphatic heterocycles. The summed E-state index contributed by atoms with van der Waals surface area (Å²) in [5.41, 5.74) is 3.45. The summed E-state index contributed by atoms with van der Waals surface area (Å²) in [6.07, 6.45) is 0. The van der Waals surface area contributed by atoms with E-state index >= 15 is 0 Å². The quantitative estimate of drug-likeness (QED) is 0.750. The van der Waals surface area contributed by atoms with Crippen LogP contribution in [0.1, 0.15) is 45.2 Å². The van der Waals surface area contributed by atoms with Crippen molar-refractivity contribution in [3.05, 3.63) is 23.8 Å². The third-order valence-corrected chi connectivity index (χ3v) is 2.65. The molecule has 0 unspecified atom stereocenters. The number of aromatic nitrogens is 3. The van der Waals surface area contributed by atoms with Gasteiger partial charge in [0.1, 0.15) is 5.52 Å². The van der Waals surface area contributed by atoms with E-state index in [0.717, 1.165) is 11.0 Å². The van der Waals surface area contributed by atoms with E-state index in [2.05, 4.69) is 56.2 Å². The van der Waals surface area contributed by atoms with Gasteiger partial charge in [0, 0.05) is 6.04 Å². The lowest BCUT2D eigenvalue weighted by atomic mass is 10.0. The summed E-state index contributed by atoms with van der Waals surface area (Å²) in [6, 6.07) is 6.74. The standard InChI is InChI=1S/C12H17N3/c1-8(2)10-5-6-11-12(7-10)15(9(3)4)14-13-11/h5-9H,1-4H3. The van der Waals surface area contributed by atoms with Gasteiger partial charge < -0.3 is 0 Å². The molecule has 0 spiro atoms. The van der Waals surface area contributed by atoms with E-state index in [4.69, 9.17) is 0 Å². The Morgan fingerprint density at radius 2 is 1.87 bits per heavy atom. The molecule has 0 N–H and O–H groups in total. The van der Waals surface area contributed by atoms with Crippen molar-refractivity contribution in [3.63, 3.8) is 0 Å². The van der Waals surface area contributed by atoms with Gasteiger partial charge in [0.05, 0.1) is 5.52 Å². The molecule has 1 aromatic heterocycles. The molecule has 15 heavy (non-hydrogen) atoms. The minimum absolute atomic E-state index is 0.359. The summed E-state index contributed by atoms with van der Waals surface area (Å²) in [7, 11) is 0. The lowest BCUT2D eigenvalue weighted by Crippen LogP contribution is -2.02. The Labute approximate surface area is 90.1 Å². The lowest BCUT2D eigenvalue weighted by Gasteiger charge is -2.08. The summed E-state index contributed by atoms with van der Waals surface area (Å²) in [6.45, 7) is 8.64. The van der Waals surface area contributed by atoms with Crippen LogP contribution in [0.4, 0.5) is 0 Å². The molecule has 0 amide bonds. The monoisotopic (exact) mass is 203 g/mol. The smallest absolute Gasteiger partial charge is 0.113 e. The van der Waals surface area contributed by atoms with Gasteiger partial charge in [-0.15, -0.1) is 5.10 Å². The van der Waals surface area contributed by atoms with E-state index in [0.29, 0.717) is 12.0 Å². The highest BCUT2D eigenvalue weighted by atomic mass is 15.4. The van der Waals surface area contributed by atoms with Gasteiger partial charge in [0.2, 0.25) is 0 Å². The predicted molar refractivity (Wildman–Crippen MR) is 62.0 cm³/mol. The molecule has 2 rings (SSSR count). The van der Waals surface area contributed by atoms with Crippen molar-refractivity contribution in [1.82, 2.24) is 15.0 Å². The van der Waals surface area contributed by atoms with Gasteiger partial charge in [-0.05, 0) is 37.5 Å². The first-order valence-corrected chi connectivity index (χ1v) is 5.44. The first-order valence-electron chi connectivity index (χ1n) is 5.44. The molecule has 1 aromatic carbocycles. The molecule has 0 radical (unpaired) electrons. The van der Waals surface area contributed by atoms with Crippen molar-refractivity contribution < 1.29 is 0 Å². The number of hydrogen-bond donors (Lipinski definition) is 0. The second-order valence-electron chi connectivity index (χ2n) is 4.53. The summed E-state index contributed by atoms with van der Waals surface area (Å²) >= 11 is 0. The van der Waals surface area contributed by atoms with Crippen LogP contribution >= 0.6 is 0 Å². The maximum Gasteiger partial charge on any atom is 0.113 e. The first-order chi connectivity index (χ1) is 7.09. The van der Waals surface area contributed by atoms with Gasteiger partial charge in [-0.2, -0.15) is 0 Å². The zero-order valence-electron chi connectivity index (χ0n) is 9.73. The van der Waals surface area contributed by atoms with Crippen LogP contribution in [0.25, 0.3) is 11.0 Å². The van der Waals surface area contributed by atoms with E-state index in [1.807, 2.05) is 4.68 Å².